The first kappa shape index (κ1) is 20.1. The molecular weight excluding hydrogens is 280 g/mol. The second kappa shape index (κ2) is 7.90. The van der Waals surface area contributed by atoms with Crippen molar-refractivity contribution >= 4 is 11.9 Å². The minimum atomic E-state index is -1.01. The number of carbonyl (C=O) groups is 2. The van der Waals surface area contributed by atoms with E-state index in [4.69, 9.17) is 9.47 Å². The lowest BCUT2D eigenvalue weighted by atomic mass is 9.88. The largest absolute Gasteiger partial charge is 0.453 e. The minimum Gasteiger partial charge on any atom is -0.453 e. The predicted octanol–water partition coefficient (Wildman–Crippen LogP) is 2.95. The molecule has 4 nitrogen and oxygen atoms in total. The highest BCUT2D eigenvalue weighted by atomic mass is 16.6. The summed E-state index contributed by atoms with van der Waals surface area (Å²) >= 11 is 0. The van der Waals surface area contributed by atoms with E-state index in [1.807, 2.05) is 27.7 Å². The van der Waals surface area contributed by atoms with Gasteiger partial charge in [-0.15, -0.1) is 11.8 Å². The van der Waals surface area contributed by atoms with Crippen LogP contribution in [0, 0.1) is 34.5 Å². The van der Waals surface area contributed by atoms with Crippen LogP contribution < -0.4 is 0 Å². The van der Waals surface area contributed by atoms with Crippen molar-refractivity contribution in [3.05, 3.63) is 0 Å². The molecule has 0 aromatic rings. The second-order valence-corrected chi connectivity index (χ2v) is 6.29. The molecule has 0 N–H and O–H groups in total. The number of carbonyl (C=O) groups excluding carboxylic acids is 2. The first-order valence-electron chi connectivity index (χ1n) is 7.27. The molecule has 22 heavy (non-hydrogen) atoms. The van der Waals surface area contributed by atoms with Gasteiger partial charge >= 0.3 is 11.9 Å². The fraction of sp³-hybridized carbons (Fsp3) is 0.667. The summed E-state index contributed by atoms with van der Waals surface area (Å²) in [6.07, 6.45) is -1.06. The standard InChI is InChI=1S/C18H26O4/c1-9-11-17(5,6)13(3)21-15(19)16(20)22-14(4)18(7,8)12-10-2/h13-14H,1-8H3. The van der Waals surface area contributed by atoms with Gasteiger partial charge < -0.3 is 9.47 Å². The van der Waals surface area contributed by atoms with Crippen LogP contribution in [0.15, 0.2) is 0 Å². The molecule has 2 unspecified atom stereocenters. The minimum absolute atomic E-state index is 0.529. The van der Waals surface area contributed by atoms with Gasteiger partial charge in [0.25, 0.3) is 0 Å². The Labute approximate surface area is 133 Å². The molecule has 0 saturated heterocycles. The van der Waals surface area contributed by atoms with Crippen molar-refractivity contribution in [2.45, 2.75) is 67.6 Å². The maximum absolute atomic E-state index is 11.8. The van der Waals surface area contributed by atoms with Crippen LogP contribution in [0.1, 0.15) is 55.4 Å². The van der Waals surface area contributed by atoms with E-state index in [-0.39, 0.29) is 0 Å². The monoisotopic (exact) mass is 306 g/mol. The van der Waals surface area contributed by atoms with E-state index in [0.717, 1.165) is 0 Å². The summed E-state index contributed by atoms with van der Waals surface area (Å²) in [4.78, 5) is 23.7. The zero-order chi connectivity index (χ0) is 17.6. The second-order valence-electron chi connectivity index (χ2n) is 6.29. The summed E-state index contributed by atoms with van der Waals surface area (Å²) in [5.41, 5.74) is -1.08. The fourth-order valence-electron chi connectivity index (χ4n) is 1.56. The highest BCUT2D eigenvalue weighted by Crippen LogP contribution is 2.24. The zero-order valence-corrected chi connectivity index (χ0v) is 14.8. The van der Waals surface area contributed by atoms with Gasteiger partial charge in [0.05, 0.1) is 10.8 Å². The Morgan fingerprint density at radius 2 is 1.05 bits per heavy atom. The molecule has 0 rings (SSSR count). The fourth-order valence-corrected chi connectivity index (χ4v) is 1.56. The Hall–Kier alpha value is -1.94. The molecule has 0 radical (unpaired) electrons. The maximum atomic E-state index is 11.8. The Morgan fingerprint density at radius 3 is 1.27 bits per heavy atom. The van der Waals surface area contributed by atoms with Gasteiger partial charge in [0, 0.05) is 0 Å². The Balaban J connectivity index is 4.78. The number of ether oxygens (including phenoxy) is 2. The van der Waals surface area contributed by atoms with Crippen LogP contribution >= 0.6 is 0 Å². The van der Waals surface area contributed by atoms with Crippen LogP contribution in [0.2, 0.25) is 0 Å². The van der Waals surface area contributed by atoms with Gasteiger partial charge in [-0.3, -0.25) is 0 Å². The number of esters is 2. The van der Waals surface area contributed by atoms with Gasteiger partial charge in [-0.2, -0.15) is 0 Å². The van der Waals surface area contributed by atoms with Crippen molar-refractivity contribution in [1.82, 2.24) is 0 Å². The zero-order valence-electron chi connectivity index (χ0n) is 14.8. The normalized spacial score (nSPS) is 13.6. The molecule has 0 aromatic carbocycles. The van der Waals surface area contributed by atoms with E-state index in [0.29, 0.717) is 0 Å². The third kappa shape index (κ3) is 5.82. The summed E-state index contributed by atoms with van der Waals surface area (Å²) in [6.45, 7) is 14.2. The van der Waals surface area contributed by atoms with Crippen molar-refractivity contribution in [1.29, 1.82) is 0 Å². The van der Waals surface area contributed by atoms with E-state index in [1.165, 1.54) is 0 Å². The van der Waals surface area contributed by atoms with Crippen LogP contribution in [0.5, 0.6) is 0 Å². The highest BCUT2D eigenvalue weighted by molar-refractivity contribution is 6.29. The predicted molar refractivity (Wildman–Crippen MR) is 85.6 cm³/mol. The Bertz CT molecular complexity index is 485. The number of hydrogen-bond donors (Lipinski definition) is 0. The van der Waals surface area contributed by atoms with Crippen LogP contribution in [0.25, 0.3) is 0 Å². The van der Waals surface area contributed by atoms with Gasteiger partial charge in [0.15, 0.2) is 0 Å². The van der Waals surface area contributed by atoms with Crippen molar-refractivity contribution in [2.24, 2.45) is 10.8 Å². The molecule has 0 saturated carbocycles. The summed E-state index contributed by atoms with van der Waals surface area (Å²) in [6, 6.07) is 0. The van der Waals surface area contributed by atoms with E-state index >= 15 is 0 Å². The summed E-state index contributed by atoms with van der Waals surface area (Å²) in [5, 5.41) is 0. The lowest BCUT2D eigenvalue weighted by Crippen LogP contribution is -2.37. The Kier molecular flexibility index (Phi) is 7.20. The van der Waals surface area contributed by atoms with Crippen LogP contribution in [-0.2, 0) is 19.1 Å². The molecule has 0 aliphatic carbocycles. The van der Waals surface area contributed by atoms with Crippen molar-refractivity contribution in [2.75, 3.05) is 0 Å². The lowest BCUT2D eigenvalue weighted by molar-refractivity contribution is -0.177. The molecule has 0 aliphatic rings. The average molecular weight is 306 g/mol. The molecule has 0 bridgehead atoms. The van der Waals surface area contributed by atoms with E-state index in [1.54, 1.807) is 27.7 Å². The van der Waals surface area contributed by atoms with Gasteiger partial charge in [-0.05, 0) is 55.4 Å². The molecule has 0 aromatic heterocycles. The summed E-state index contributed by atoms with van der Waals surface area (Å²) in [7, 11) is 0. The third-order valence-corrected chi connectivity index (χ3v) is 3.66. The van der Waals surface area contributed by atoms with Crippen LogP contribution in [0.4, 0.5) is 0 Å². The van der Waals surface area contributed by atoms with Crippen LogP contribution in [-0.4, -0.2) is 24.1 Å². The van der Waals surface area contributed by atoms with Gasteiger partial charge in [-0.1, -0.05) is 11.8 Å². The molecule has 4 heteroatoms. The van der Waals surface area contributed by atoms with Crippen molar-refractivity contribution < 1.29 is 19.1 Å². The molecular formula is C18H26O4. The summed E-state index contributed by atoms with van der Waals surface area (Å²) < 4.78 is 10.3. The first-order chi connectivity index (χ1) is 9.97. The smallest absolute Gasteiger partial charge is 0.417 e. The first-order valence-corrected chi connectivity index (χ1v) is 7.27. The van der Waals surface area contributed by atoms with Gasteiger partial charge in [0.2, 0.25) is 0 Å². The average Bonchev–Trinajstić information content (AvgIpc) is 2.38. The molecule has 0 fully saturated rings. The SMILES string of the molecule is CC#CC(C)(C)C(C)OC(=O)C(=O)OC(C)C(C)(C)C#CC. The molecule has 2 atom stereocenters. The molecule has 122 valence electrons. The molecule has 0 spiro atoms. The van der Waals surface area contributed by atoms with Crippen molar-refractivity contribution in [3.8, 4) is 23.7 Å². The van der Waals surface area contributed by atoms with Crippen LogP contribution in [0.3, 0.4) is 0 Å². The van der Waals surface area contributed by atoms with E-state index in [9.17, 15) is 9.59 Å². The number of hydrogen-bond acceptors (Lipinski definition) is 4. The number of rotatable bonds is 4. The lowest BCUT2D eigenvalue weighted by Gasteiger charge is -2.27. The Morgan fingerprint density at radius 1 is 0.773 bits per heavy atom. The van der Waals surface area contributed by atoms with Gasteiger partial charge in [-0.25, -0.2) is 9.59 Å². The highest BCUT2D eigenvalue weighted by Gasteiger charge is 2.33. The maximum Gasteiger partial charge on any atom is 0.417 e. The van der Waals surface area contributed by atoms with Crippen molar-refractivity contribution in [3.63, 3.8) is 0 Å². The molecule has 0 aliphatic heterocycles. The van der Waals surface area contributed by atoms with Gasteiger partial charge in [0.1, 0.15) is 12.2 Å². The molecule has 0 heterocycles. The van der Waals surface area contributed by atoms with E-state index < -0.39 is 35.0 Å². The topological polar surface area (TPSA) is 52.6 Å². The van der Waals surface area contributed by atoms with E-state index in [2.05, 4.69) is 23.7 Å². The summed E-state index contributed by atoms with van der Waals surface area (Å²) in [5.74, 6) is 9.45. The quantitative estimate of drug-likeness (QED) is 0.455. The molecule has 0 amide bonds. The third-order valence-electron chi connectivity index (χ3n) is 3.66.